The largest absolute Gasteiger partial charge is 0.340 e. The Balaban J connectivity index is 1.85. The number of para-hydroxylation sites is 1. The Labute approximate surface area is 144 Å². The van der Waals surface area contributed by atoms with Crippen molar-refractivity contribution in [2.75, 3.05) is 31.1 Å². The molecule has 0 radical (unpaired) electrons. The molecule has 0 fully saturated rings. The van der Waals surface area contributed by atoms with Crippen LogP contribution in [0.3, 0.4) is 0 Å². The quantitative estimate of drug-likeness (QED) is 0.708. The van der Waals surface area contributed by atoms with Crippen LogP contribution in [0.1, 0.15) is 25.8 Å². The predicted octanol–water partition coefficient (Wildman–Crippen LogP) is 5.33. The Morgan fingerprint density at radius 1 is 0.957 bits per heavy atom. The summed E-state index contributed by atoms with van der Waals surface area (Å²) in [5.74, 6) is 0. The fraction of sp³-hybridized carbons (Fsp3) is 0.400. The average Bonchev–Trinajstić information content (AvgIpc) is 2.58. The molecular weight excluding hydrogens is 300 g/mol. The molecule has 0 saturated carbocycles. The molecule has 0 atom stereocenters. The van der Waals surface area contributed by atoms with E-state index in [2.05, 4.69) is 73.0 Å². The van der Waals surface area contributed by atoms with E-state index in [0.29, 0.717) is 0 Å². The minimum Gasteiger partial charge on any atom is -0.340 e. The van der Waals surface area contributed by atoms with Crippen LogP contribution in [0.5, 0.6) is 0 Å². The van der Waals surface area contributed by atoms with Crippen LogP contribution in [0.25, 0.3) is 0 Å². The van der Waals surface area contributed by atoms with E-state index in [1.807, 2.05) is 11.8 Å². The topological polar surface area (TPSA) is 6.48 Å². The Morgan fingerprint density at radius 2 is 1.70 bits per heavy atom. The van der Waals surface area contributed by atoms with Crippen molar-refractivity contribution in [1.82, 2.24) is 4.90 Å². The number of nitrogens with zero attached hydrogens (tertiary/aromatic N) is 2. The second-order valence-electron chi connectivity index (χ2n) is 6.07. The zero-order valence-corrected chi connectivity index (χ0v) is 15.2. The summed E-state index contributed by atoms with van der Waals surface area (Å²) in [5.41, 5.74) is 4.06. The maximum atomic E-state index is 2.51. The van der Waals surface area contributed by atoms with E-state index in [4.69, 9.17) is 0 Å². The van der Waals surface area contributed by atoms with Crippen LogP contribution in [0, 0.1) is 6.92 Å². The highest BCUT2D eigenvalue weighted by atomic mass is 32.2. The van der Waals surface area contributed by atoms with Gasteiger partial charge in [0.15, 0.2) is 0 Å². The lowest BCUT2D eigenvalue weighted by molar-refractivity contribution is 0.301. The summed E-state index contributed by atoms with van der Waals surface area (Å²) in [5, 5.41) is 0. The fourth-order valence-electron chi connectivity index (χ4n) is 3.17. The molecule has 23 heavy (non-hydrogen) atoms. The third-order valence-electron chi connectivity index (χ3n) is 4.53. The van der Waals surface area contributed by atoms with Crippen LogP contribution in [-0.4, -0.2) is 31.1 Å². The third-order valence-corrected chi connectivity index (χ3v) is 5.66. The van der Waals surface area contributed by atoms with Gasteiger partial charge in [-0.1, -0.05) is 43.8 Å². The lowest BCUT2D eigenvalue weighted by atomic mass is 10.1. The van der Waals surface area contributed by atoms with Crippen molar-refractivity contribution < 1.29 is 0 Å². The summed E-state index contributed by atoms with van der Waals surface area (Å²) < 4.78 is 0. The van der Waals surface area contributed by atoms with Crippen LogP contribution < -0.4 is 4.90 Å². The van der Waals surface area contributed by atoms with E-state index in [9.17, 15) is 0 Å². The number of benzene rings is 2. The molecule has 2 aromatic rings. The van der Waals surface area contributed by atoms with Crippen molar-refractivity contribution >= 4 is 23.1 Å². The first-order valence-electron chi connectivity index (χ1n) is 8.60. The summed E-state index contributed by atoms with van der Waals surface area (Å²) in [6.07, 6.45) is 1.19. The van der Waals surface area contributed by atoms with Crippen molar-refractivity contribution in [2.45, 2.75) is 37.0 Å². The van der Waals surface area contributed by atoms with Gasteiger partial charge in [0, 0.05) is 16.3 Å². The highest BCUT2D eigenvalue weighted by Gasteiger charge is 2.22. The molecule has 0 aromatic heterocycles. The van der Waals surface area contributed by atoms with Crippen molar-refractivity contribution in [3.8, 4) is 0 Å². The number of hydrogen-bond acceptors (Lipinski definition) is 3. The Bertz CT molecular complexity index is 664. The molecule has 3 heteroatoms. The van der Waals surface area contributed by atoms with E-state index in [1.165, 1.54) is 39.7 Å². The van der Waals surface area contributed by atoms with E-state index in [1.54, 1.807) is 0 Å². The second-order valence-corrected chi connectivity index (χ2v) is 7.16. The molecule has 0 N–H and O–H groups in total. The highest BCUT2D eigenvalue weighted by Crippen LogP contribution is 2.48. The Kier molecular flexibility index (Phi) is 5.29. The summed E-state index contributed by atoms with van der Waals surface area (Å²) >= 11 is 1.89. The molecule has 1 aliphatic heterocycles. The SMILES string of the molecule is CCN(CC)CCCN1c2ccccc2Sc2ccc(C)cc21. The summed E-state index contributed by atoms with van der Waals surface area (Å²) in [7, 11) is 0. The molecule has 1 heterocycles. The summed E-state index contributed by atoms with van der Waals surface area (Å²) in [4.78, 5) is 7.75. The Morgan fingerprint density at radius 3 is 2.48 bits per heavy atom. The number of anilines is 2. The van der Waals surface area contributed by atoms with Crippen molar-refractivity contribution in [3.05, 3.63) is 48.0 Å². The molecule has 0 amide bonds. The maximum absolute atomic E-state index is 2.51. The standard InChI is InChI=1S/C20H26N2S/c1-4-21(5-2)13-8-14-22-17-9-6-7-10-19(17)23-20-12-11-16(3)15-18(20)22/h6-7,9-12,15H,4-5,8,13-14H2,1-3H3. The van der Waals surface area contributed by atoms with Gasteiger partial charge in [-0.15, -0.1) is 0 Å². The number of rotatable bonds is 6. The third kappa shape index (κ3) is 3.56. The number of fused-ring (bicyclic) bond motifs is 2. The zero-order valence-electron chi connectivity index (χ0n) is 14.4. The highest BCUT2D eigenvalue weighted by molar-refractivity contribution is 7.99. The number of aryl methyl sites for hydroxylation is 1. The monoisotopic (exact) mass is 326 g/mol. The lowest BCUT2D eigenvalue weighted by Gasteiger charge is -2.33. The van der Waals surface area contributed by atoms with Gasteiger partial charge in [-0.3, -0.25) is 0 Å². The molecule has 0 bridgehead atoms. The molecule has 0 unspecified atom stereocenters. The molecule has 0 saturated heterocycles. The van der Waals surface area contributed by atoms with Gasteiger partial charge in [0.25, 0.3) is 0 Å². The van der Waals surface area contributed by atoms with E-state index in [-0.39, 0.29) is 0 Å². The van der Waals surface area contributed by atoms with Gasteiger partial charge in [-0.05, 0) is 62.8 Å². The minimum atomic E-state index is 1.07. The summed E-state index contributed by atoms with van der Waals surface area (Å²) in [6, 6.07) is 15.6. The Hall–Kier alpha value is -1.45. The summed E-state index contributed by atoms with van der Waals surface area (Å²) in [6.45, 7) is 11.2. The molecule has 3 rings (SSSR count). The van der Waals surface area contributed by atoms with Crippen molar-refractivity contribution in [2.24, 2.45) is 0 Å². The molecule has 1 aliphatic rings. The average molecular weight is 327 g/mol. The van der Waals surface area contributed by atoms with E-state index >= 15 is 0 Å². The first kappa shape index (κ1) is 16.4. The van der Waals surface area contributed by atoms with E-state index in [0.717, 1.165) is 19.6 Å². The van der Waals surface area contributed by atoms with Gasteiger partial charge >= 0.3 is 0 Å². The first-order chi connectivity index (χ1) is 11.2. The van der Waals surface area contributed by atoms with E-state index < -0.39 is 0 Å². The lowest BCUT2D eigenvalue weighted by Crippen LogP contribution is -2.29. The van der Waals surface area contributed by atoms with Crippen LogP contribution in [0.2, 0.25) is 0 Å². The maximum Gasteiger partial charge on any atom is 0.0555 e. The van der Waals surface area contributed by atoms with Crippen LogP contribution >= 0.6 is 11.8 Å². The normalized spacial score (nSPS) is 13.1. The van der Waals surface area contributed by atoms with Gasteiger partial charge in [0.2, 0.25) is 0 Å². The van der Waals surface area contributed by atoms with Crippen LogP contribution in [0.4, 0.5) is 11.4 Å². The fourth-order valence-corrected chi connectivity index (χ4v) is 4.25. The van der Waals surface area contributed by atoms with Gasteiger partial charge in [0.05, 0.1) is 11.4 Å². The van der Waals surface area contributed by atoms with Crippen molar-refractivity contribution in [3.63, 3.8) is 0 Å². The van der Waals surface area contributed by atoms with Gasteiger partial charge in [-0.25, -0.2) is 0 Å². The molecular formula is C20H26N2S. The van der Waals surface area contributed by atoms with Crippen molar-refractivity contribution in [1.29, 1.82) is 0 Å². The minimum absolute atomic E-state index is 1.07. The number of hydrogen-bond donors (Lipinski definition) is 0. The van der Waals surface area contributed by atoms with Crippen LogP contribution in [-0.2, 0) is 0 Å². The van der Waals surface area contributed by atoms with Gasteiger partial charge in [-0.2, -0.15) is 0 Å². The molecule has 0 aliphatic carbocycles. The zero-order chi connectivity index (χ0) is 16.2. The molecule has 122 valence electrons. The predicted molar refractivity (Wildman–Crippen MR) is 101 cm³/mol. The van der Waals surface area contributed by atoms with Gasteiger partial charge in [0.1, 0.15) is 0 Å². The van der Waals surface area contributed by atoms with Crippen LogP contribution in [0.15, 0.2) is 52.3 Å². The first-order valence-corrected chi connectivity index (χ1v) is 9.42. The van der Waals surface area contributed by atoms with Gasteiger partial charge < -0.3 is 9.80 Å². The second kappa shape index (κ2) is 7.41. The molecule has 0 spiro atoms. The molecule has 2 nitrogen and oxygen atoms in total. The smallest absolute Gasteiger partial charge is 0.0555 e. The molecule has 2 aromatic carbocycles.